The van der Waals surface area contributed by atoms with Crippen molar-refractivity contribution in [2.45, 2.75) is 39.3 Å². The molecule has 134 valence electrons. The number of carbonyl (C=O) groups is 2. The van der Waals surface area contributed by atoms with Crippen LogP contribution in [0, 0.1) is 0 Å². The zero-order valence-electron chi connectivity index (χ0n) is 14.5. The summed E-state index contributed by atoms with van der Waals surface area (Å²) < 4.78 is 10.8. The first-order chi connectivity index (χ1) is 12.1. The minimum Gasteiger partial charge on any atom is -0.494 e. The van der Waals surface area contributed by atoms with Crippen LogP contribution >= 0.6 is 11.3 Å². The Balaban J connectivity index is 1.76. The number of esters is 1. The number of thiophene rings is 1. The number of para-hydroxylation sites is 1. The molecule has 5 nitrogen and oxygen atoms in total. The lowest BCUT2D eigenvalue weighted by molar-refractivity contribution is -0.154. The number of nitrogens with one attached hydrogen (secondary N) is 1. The molecular formula is C19H23NO4S. The average molecular weight is 361 g/mol. The zero-order chi connectivity index (χ0) is 18.1. The second kappa shape index (κ2) is 9.84. The molecule has 0 bridgehead atoms. The van der Waals surface area contributed by atoms with Crippen molar-refractivity contribution in [3.8, 4) is 5.75 Å². The Labute approximate surface area is 152 Å². The summed E-state index contributed by atoms with van der Waals surface area (Å²) in [6.45, 7) is 4.51. The molecule has 0 aliphatic rings. The smallest absolute Gasteiger partial charge is 0.306 e. The van der Waals surface area contributed by atoms with Gasteiger partial charge in [-0.1, -0.05) is 24.3 Å². The molecule has 0 saturated heterocycles. The second-order valence-corrected chi connectivity index (χ2v) is 6.50. The largest absolute Gasteiger partial charge is 0.494 e. The lowest BCUT2D eigenvalue weighted by Crippen LogP contribution is -2.35. The van der Waals surface area contributed by atoms with Crippen LogP contribution in [-0.4, -0.2) is 24.6 Å². The standard InChI is InChI=1S/C19H23NO4S/c1-3-23-17-9-5-4-7-15(17)10-11-18(21)24-14(2)19(22)20-13-16-8-6-12-25-16/h4-9,12,14H,3,10-11,13H2,1-2H3,(H,20,22). The van der Waals surface area contributed by atoms with E-state index in [4.69, 9.17) is 9.47 Å². The van der Waals surface area contributed by atoms with E-state index in [-0.39, 0.29) is 12.3 Å². The van der Waals surface area contributed by atoms with Gasteiger partial charge in [0.25, 0.3) is 5.91 Å². The normalized spacial score (nSPS) is 11.6. The molecule has 0 aliphatic heterocycles. The number of carbonyl (C=O) groups excluding carboxylic acids is 2. The van der Waals surface area contributed by atoms with Crippen molar-refractivity contribution < 1.29 is 19.1 Å². The number of ether oxygens (including phenoxy) is 2. The van der Waals surface area contributed by atoms with Crippen molar-refractivity contribution in [2.24, 2.45) is 0 Å². The van der Waals surface area contributed by atoms with Gasteiger partial charge in [0.05, 0.1) is 13.2 Å². The van der Waals surface area contributed by atoms with Gasteiger partial charge in [0.15, 0.2) is 6.10 Å². The van der Waals surface area contributed by atoms with Gasteiger partial charge in [0, 0.05) is 11.3 Å². The van der Waals surface area contributed by atoms with Crippen LogP contribution in [0.1, 0.15) is 30.7 Å². The van der Waals surface area contributed by atoms with Gasteiger partial charge >= 0.3 is 5.97 Å². The van der Waals surface area contributed by atoms with E-state index in [0.717, 1.165) is 16.2 Å². The van der Waals surface area contributed by atoms with Crippen LogP contribution in [0.4, 0.5) is 0 Å². The Morgan fingerprint density at radius 3 is 2.72 bits per heavy atom. The van der Waals surface area contributed by atoms with E-state index in [1.54, 1.807) is 18.3 Å². The van der Waals surface area contributed by atoms with E-state index in [0.29, 0.717) is 19.6 Å². The van der Waals surface area contributed by atoms with Crippen LogP contribution in [0.25, 0.3) is 0 Å². The van der Waals surface area contributed by atoms with E-state index in [9.17, 15) is 9.59 Å². The predicted octanol–water partition coefficient (Wildman–Crippen LogP) is 3.33. The lowest BCUT2D eigenvalue weighted by atomic mass is 10.1. The van der Waals surface area contributed by atoms with E-state index < -0.39 is 12.1 Å². The lowest BCUT2D eigenvalue weighted by Gasteiger charge is -2.14. The number of hydrogen-bond acceptors (Lipinski definition) is 5. The highest BCUT2D eigenvalue weighted by atomic mass is 32.1. The van der Waals surface area contributed by atoms with Gasteiger partial charge in [0.2, 0.25) is 0 Å². The van der Waals surface area contributed by atoms with Crippen LogP contribution in [0.5, 0.6) is 5.75 Å². The Bertz CT molecular complexity index is 684. The molecule has 0 fully saturated rings. The summed E-state index contributed by atoms with van der Waals surface area (Å²) in [5.74, 6) is 0.0843. The second-order valence-electron chi connectivity index (χ2n) is 5.47. The quantitative estimate of drug-likeness (QED) is 0.696. The summed E-state index contributed by atoms with van der Waals surface area (Å²) in [5.41, 5.74) is 0.955. The van der Waals surface area contributed by atoms with Crippen molar-refractivity contribution in [3.63, 3.8) is 0 Å². The van der Waals surface area contributed by atoms with Crippen LogP contribution < -0.4 is 10.1 Å². The predicted molar refractivity (Wildman–Crippen MR) is 97.7 cm³/mol. The van der Waals surface area contributed by atoms with Gasteiger partial charge in [-0.2, -0.15) is 0 Å². The first-order valence-corrected chi connectivity index (χ1v) is 9.18. The highest BCUT2D eigenvalue weighted by Crippen LogP contribution is 2.19. The molecule has 0 spiro atoms. The maximum atomic E-state index is 12.0. The summed E-state index contributed by atoms with van der Waals surface area (Å²) in [7, 11) is 0. The molecule has 1 atom stereocenters. The number of amides is 1. The molecule has 6 heteroatoms. The van der Waals surface area contributed by atoms with Crippen molar-refractivity contribution >= 4 is 23.2 Å². The summed E-state index contributed by atoms with van der Waals surface area (Å²) >= 11 is 1.57. The Morgan fingerprint density at radius 1 is 1.20 bits per heavy atom. The Kier molecular flexibility index (Phi) is 7.47. The van der Waals surface area contributed by atoms with Gasteiger partial charge in [-0.15, -0.1) is 11.3 Å². The Hall–Kier alpha value is -2.34. The van der Waals surface area contributed by atoms with Crippen LogP contribution in [0.15, 0.2) is 41.8 Å². The summed E-state index contributed by atoms with van der Waals surface area (Å²) in [4.78, 5) is 25.0. The summed E-state index contributed by atoms with van der Waals surface area (Å²) in [6.07, 6.45) is -0.0971. The van der Waals surface area contributed by atoms with E-state index >= 15 is 0 Å². The molecule has 1 aromatic carbocycles. The van der Waals surface area contributed by atoms with Gasteiger partial charge < -0.3 is 14.8 Å². The molecule has 2 rings (SSSR count). The van der Waals surface area contributed by atoms with E-state index in [1.165, 1.54) is 0 Å². The minimum absolute atomic E-state index is 0.201. The highest BCUT2D eigenvalue weighted by Gasteiger charge is 2.18. The number of benzene rings is 1. The third kappa shape index (κ3) is 6.23. The number of hydrogen-bond donors (Lipinski definition) is 1. The average Bonchev–Trinajstić information content (AvgIpc) is 3.12. The molecular weight excluding hydrogens is 338 g/mol. The topological polar surface area (TPSA) is 64.6 Å². The third-order valence-corrected chi connectivity index (χ3v) is 4.44. The third-order valence-electron chi connectivity index (χ3n) is 3.57. The first kappa shape index (κ1) is 19.0. The van der Waals surface area contributed by atoms with Crippen molar-refractivity contribution in [1.82, 2.24) is 5.32 Å². The molecule has 0 radical (unpaired) electrons. The van der Waals surface area contributed by atoms with Gasteiger partial charge in [-0.05, 0) is 43.3 Å². The first-order valence-electron chi connectivity index (χ1n) is 8.30. The highest BCUT2D eigenvalue weighted by molar-refractivity contribution is 7.09. The minimum atomic E-state index is -0.811. The molecule has 0 aliphatic carbocycles. The van der Waals surface area contributed by atoms with Crippen LogP contribution in [-0.2, 0) is 27.3 Å². The molecule has 2 aromatic rings. The van der Waals surface area contributed by atoms with Crippen molar-refractivity contribution in [1.29, 1.82) is 0 Å². The van der Waals surface area contributed by atoms with Gasteiger partial charge in [0.1, 0.15) is 5.75 Å². The molecule has 0 saturated carbocycles. The fraction of sp³-hybridized carbons (Fsp3) is 0.368. The SMILES string of the molecule is CCOc1ccccc1CCC(=O)OC(C)C(=O)NCc1cccs1. The maximum absolute atomic E-state index is 12.0. The zero-order valence-corrected chi connectivity index (χ0v) is 15.3. The molecule has 1 heterocycles. The van der Waals surface area contributed by atoms with Crippen molar-refractivity contribution in [3.05, 3.63) is 52.2 Å². The maximum Gasteiger partial charge on any atom is 0.306 e. The number of rotatable bonds is 9. The summed E-state index contributed by atoms with van der Waals surface area (Å²) in [5, 5.41) is 4.71. The van der Waals surface area contributed by atoms with Crippen LogP contribution in [0.3, 0.4) is 0 Å². The molecule has 25 heavy (non-hydrogen) atoms. The van der Waals surface area contributed by atoms with E-state index in [2.05, 4.69) is 5.32 Å². The van der Waals surface area contributed by atoms with Gasteiger partial charge in [-0.3, -0.25) is 9.59 Å². The fourth-order valence-electron chi connectivity index (χ4n) is 2.28. The van der Waals surface area contributed by atoms with Gasteiger partial charge in [-0.25, -0.2) is 0 Å². The molecule has 1 aromatic heterocycles. The fourth-order valence-corrected chi connectivity index (χ4v) is 2.93. The monoisotopic (exact) mass is 361 g/mol. The molecule has 1 unspecified atom stereocenters. The van der Waals surface area contributed by atoms with E-state index in [1.807, 2.05) is 48.7 Å². The molecule has 1 amide bonds. The van der Waals surface area contributed by atoms with Crippen LogP contribution in [0.2, 0.25) is 0 Å². The number of aryl methyl sites for hydroxylation is 1. The molecule has 1 N–H and O–H groups in total. The van der Waals surface area contributed by atoms with Crippen molar-refractivity contribution in [2.75, 3.05) is 6.61 Å². The Morgan fingerprint density at radius 2 is 2.00 bits per heavy atom. The summed E-state index contributed by atoms with van der Waals surface area (Å²) in [6, 6.07) is 11.5.